The summed E-state index contributed by atoms with van der Waals surface area (Å²) >= 11 is 6.21. The van der Waals surface area contributed by atoms with Crippen molar-refractivity contribution in [1.82, 2.24) is 14.5 Å². The molecule has 0 bridgehead atoms. The standard InChI is InChI=1S/C14H19ClFN3/c1-9(8-18(3)4)19-13-6-5-11(16)7-12(13)17-14(19)10(2)15/h5-7,9-10H,8H2,1-4H3. The maximum Gasteiger partial charge on any atom is 0.128 e. The number of imidazole rings is 1. The number of aromatic nitrogens is 2. The molecule has 0 saturated carbocycles. The molecule has 0 aliphatic heterocycles. The van der Waals surface area contributed by atoms with Crippen molar-refractivity contribution in [3.8, 4) is 0 Å². The fourth-order valence-electron chi connectivity index (χ4n) is 2.44. The maximum absolute atomic E-state index is 13.3. The Hall–Kier alpha value is -1.13. The van der Waals surface area contributed by atoms with Gasteiger partial charge in [0, 0.05) is 18.7 Å². The van der Waals surface area contributed by atoms with Gasteiger partial charge >= 0.3 is 0 Å². The fraction of sp³-hybridized carbons (Fsp3) is 0.500. The van der Waals surface area contributed by atoms with E-state index in [0.29, 0.717) is 5.52 Å². The minimum Gasteiger partial charge on any atom is -0.323 e. The van der Waals surface area contributed by atoms with Gasteiger partial charge in [0.05, 0.1) is 16.4 Å². The quantitative estimate of drug-likeness (QED) is 0.800. The third kappa shape index (κ3) is 2.90. The van der Waals surface area contributed by atoms with Crippen molar-refractivity contribution in [1.29, 1.82) is 0 Å². The van der Waals surface area contributed by atoms with Gasteiger partial charge in [0.1, 0.15) is 11.6 Å². The van der Waals surface area contributed by atoms with Gasteiger partial charge in [-0.25, -0.2) is 9.37 Å². The molecule has 1 heterocycles. The van der Waals surface area contributed by atoms with E-state index in [1.165, 1.54) is 12.1 Å². The Labute approximate surface area is 118 Å². The average molecular weight is 284 g/mol. The van der Waals surface area contributed by atoms with Gasteiger partial charge in [-0.2, -0.15) is 0 Å². The lowest BCUT2D eigenvalue weighted by atomic mass is 10.2. The van der Waals surface area contributed by atoms with Gasteiger partial charge in [-0.1, -0.05) is 0 Å². The van der Waals surface area contributed by atoms with Gasteiger partial charge in [-0.05, 0) is 40.1 Å². The van der Waals surface area contributed by atoms with E-state index in [4.69, 9.17) is 11.6 Å². The molecule has 0 N–H and O–H groups in total. The van der Waals surface area contributed by atoms with Crippen LogP contribution in [0.2, 0.25) is 0 Å². The lowest BCUT2D eigenvalue weighted by Gasteiger charge is -2.22. The van der Waals surface area contributed by atoms with E-state index in [1.54, 1.807) is 6.07 Å². The second kappa shape index (κ2) is 5.47. The molecule has 104 valence electrons. The van der Waals surface area contributed by atoms with Gasteiger partial charge in [-0.3, -0.25) is 0 Å². The lowest BCUT2D eigenvalue weighted by molar-refractivity contribution is 0.336. The first-order chi connectivity index (χ1) is 8.90. The number of alkyl halides is 1. The highest BCUT2D eigenvalue weighted by molar-refractivity contribution is 6.20. The van der Waals surface area contributed by atoms with Crippen molar-refractivity contribution in [3.05, 3.63) is 29.8 Å². The molecule has 0 spiro atoms. The Kier molecular flexibility index (Phi) is 4.11. The third-order valence-corrected chi connectivity index (χ3v) is 3.30. The summed E-state index contributed by atoms with van der Waals surface area (Å²) in [5.74, 6) is 0.516. The van der Waals surface area contributed by atoms with Crippen LogP contribution in [0.25, 0.3) is 11.0 Å². The average Bonchev–Trinajstić information content (AvgIpc) is 2.66. The molecular weight excluding hydrogens is 265 g/mol. The minimum atomic E-state index is -0.272. The highest BCUT2D eigenvalue weighted by Gasteiger charge is 2.19. The predicted octanol–water partition coefficient (Wildman–Crippen LogP) is 3.60. The van der Waals surface area contributed by atoms with Gasteiger partial charge in [0.25, 0.3) is 0 Å². The first-order valence-corrected chi connectivity index (χ1v) is 6.80. The van der Waals surface area contributed by atoms with Crippen LogP contribution in [0.15, 0.2) is 18.2 Å². The topological polar surface area (TPSA) is 21.1 Å². The van der Waals surface area contributed by atoms with Crippen molar-refractivity contribution >= 4 is 22.6 Å². The third-order valence-electron chi connectivity index (χ3n) is 3.10. The molecule has 0 fully saturated rings. The zero-order chi connectivity index (χ0) is 14.2. The van der Waals surface area contributed by atoms with E-state index in [1.807, 2.05) is 21.0 Å². The van der Waals surface area contributed by atoms with Crippen molar-refractivity contribution in [3.63, 3.8) is 0 Å². The number of hydrogen-bond donors (Lipinski definition) is 0. The van der Waals surface area contributed by atoms with Crippen LogP contribution in [0, 0.1) is 5.82 Å². The largest absolute Gasteiger partial charge is 0.323 e. The van der Waals surface area contributed by atoms with Crippen LogP contribution in [-0.4, -0.2) is 35.1 Å². The van der Waals surface area contributed by atoms with Crippen molar-refractivity contribution < 1.29 is 4.39 Å². The minimum absolute atomic E-state index is 0.208. The monoisotopic (exact) mass is 283 g/mol. The van der Waals surface area contributed by atoms with Crippen molar-refractivity contribution in [2.45, 2.75) is 25.3 Å². The second-order valence-corrected chi connectivity index (χ2v) is 5.85. The van der Waals surface area contributed by atoms with Gasteiger partial charge < -0.3 is 9.47 Å². The number of benzene rings is 1. The van der Waals surface area contributed by atoms with E-state index in [2.05, 4.69) is 21.4 Å². The van der Waals surface area contributed by atoms with Crippen molar-refractivity contribution in [2.75, 3.05) is 20.6 Å². The van der Waals surface area contributed by atoms with E-state index in [9.17, 15) is 4.39 Å². The molecule has 3 nitrogen and oxygen atoms in total. The molecule has 0 saturated heterocycles. The van der Waals surface area contributed by atoms with Crippen LogP contribution < -0.4 is 0 Å². The Balaban J connectivity index is 2.58. The predicted molar refractivity (Wildman–Crippen MR) is 77.2 cm³/mol. The highest BCUT2D eigenvalue weighted by atomic mass is 35.5. The fourth-order valence-corrected chi connectivity index (χ4v) is 2.60. The Morgan fingerprint density at radius 3 is 2.63 bits per heavy atom. The smallest absolute Gasteiger partial charge is 0.128 e. The van der Waals surface area contributed by atoms with Crippen LogP contribution in [0.1, 0.15) is 31.1 Å². The molecule has 0 radical (unpaired) electrons. The molecule has 5 heteroatoms. The summed E-state index contributed by atoms with van der Waals surface area (Å²) in [5, 5.41) is -0.208. The molecule has 1 aromatic carbocycles. The Bertz CT molecular complexity index is 577. The van der Waals surface area contributed by atoms with E-state index in [-0.39, 0.29) is 17.2 Å². The summed E-state index contributed by atoms with van der Waals surface area (Å²) in [6.07, 6.45) is 0. The first-order valence-electron chi connectivity index (χ1n) is 6.36. The van der Waals surface area contributed by atoms with E-state index in [0.717, 1.165) is 17.9 Å². The molecule has 0 aliphatic rings. The summed E-state index contributed by atoms with van der Waals surface area (Å²) in [6.45, 7) is 4.88. The number of halogens is 2. The summed E-state index contributed by atoms with van der Waals surface area (Å²) in [6, 6.07) is 4.91. The highest BCUT2D eigenvalue weighted by Crippen LogP contribution is 2.28. The van der Waals surface area contributed by atoms with Gasteiger partial charge in [0.2, 0.25) is 0 Å². The van der Waals surface area contributed by atoms with Crippen LogP contribution in [0.5, 0.6) is 0 Å². The molecular formula is C14H19ClFN3. The molecule has 2 rings (SSSR count). The van der Waals surface area contributed by atoms with Crippen LogP contribution >= 0.6 is 11.6 Å². The molecule has 2 atom stereocenters. The molecule has 2 unspecified atom stereocenters. The molecule has 1 aromatic heterocycles. The molecule has 2 aromatic rings. The number of fused-ring (bicyclic) bond motifs is 1. The van der Waals surface area contributed by atoms with Crippen molar-refractivity contribution in [2.24, 2.45) is 0 Å². The van der Waals surface area contributed by atoms with Crippen LogP contribution in [-0.2, 0) is 0 Å². The van der Waals surface area contributed by atoms with Gasteiger partial charge in [-0.15, -0.1) is 11.6 Å². The Morgan fingerprint density at radius 2 is 2.05 bits per heavy atom. The second-order valence-electron chi connectivity index (χ2n) is 5.20. The SMILES string of the molecule is CC(Cl)c1nc2cc(F)ccc2n1C(C)CN(C)C. The molecule has 0 amide bonds. The zero-order valence-corrected chi connectivity index (χ0v) is 12.4. The summed E-state index contributed by atoms with van der Waals surface area (Å²) < 4.78 is 15.4. The van der Waals surface area contributed by atoms with Crippen LogP contribution in [0.4, 0.5) is 4.39 Å². The maximum atomic E-state index is 13.3. The number of rotatable bonds is 4. The lowest BCUT2D eigenvalue weighted by Crippen LogP contribution is -2.23. The summed E-state index contributed by atoms with van der Waals surface area (Å²) in [4.78, 5) is 6.59. The number of likely N-dealkylation sites (N-methyl/N-ethyl adjacent to an activating group) is 1. The van der Waals surface area contributed by atoms with Crippen LogP contribution in [0.3, 0.4) is 0 Å². The number of hydrogen-bond acceptors (Lipinski definition) is 2. The summed E-state index contributed by atoms with van der Waals surface area (Å²) in [5.41, 5.74) is 1.59. The van der Waals surface area contributed by atoms with Gasteiger partial charge in [0.15, 0.2) is 0 Å². The first kappa shape index (κ1) is 14.3. The number of nitrogens with zero attached hydrogens (tertiary/aromatic N) is 3. The zero-order valence-electron chi connectivity index (χ0n) is 11.7. The molecule has 19 heavy (non-hydrogen) atoms. The van der Waals surface area contributed by atoms with E-state index < -0.39 is 0 Å². The normalized spacial score (nSPS) is 15.1. The Morgan fingerprint density at radius 1 is 1.37 bits per heavy atom. The summed E-state index contributed by atoms with van der Waals surface area (Å²) in [7, 11) is 4.05. The molecule has 0 aliphatic carbocycles. The van der Waals surface area contributed by atoms with E-state index >= 15 is 0 Å².